The molecule has 0 aromatic heterocycles. The quantitative estimate of drug-likeness (QED) is 0.325. The van der Waals surface area contributed by atoms with Gasteiger partial charge in [-0.15, -0.1) is 0 Å². The van der Waals surface area contributed by atoms with Crippen LogP contribution >= 0.6 is 11.8 Å². The topological polar surface area (TPSA) is 55.4 Å². The Kier molecular flexibility index (Phi) is 6.37. The average Bonchev–Trinajstić information content (AvgIpc) is 3.06. The average molecular weight is 450 g/mol. The molecule has 0 spiro atoms. The van der Waals surface area contributed by atoms with Gasteiger partial charge < -0.3 is 4.74 Å². The summed E-state index contributed by atoms with van der Waals surface area (Å²) in [6, 6.07) is -0.475. The third-order valence-corrected chi connectivity index (χ3v) is 10.1. The lowest BCUT2D eigenvalue weighted by Gasteiger charge is -2.58. The van der Waals surface area contributed by atoms with Gasteiger partial charge in [0, 0.05) is 5.92 Å². The smallest absolute Gasteiger partial charge is 0.325 e. The fourth-order valence-corrected chi connectivity index (χ4v) is 8.46. The first kappa shape index (κ1) is 23.3. The summed E-state index contributed by atoms with van der Waals surface area (Å²) in [7, 11) is 0. The van der Waals surface area contributed by atoms with E-state index in [4.69, 9.17) is 16.5 Å². The van der Waals surface area contributed by atoms with Crippen molar-refractivity contribution in [1.29, 1.82) is 0 Å². The van der Waals surface area contributed by atoms with Crippen LogP contribution in [0.15, 0.2) is 11.6 Å². The minimum atomic E-state index is -0.475. The van der Waals surface area contributed by atoms with Gasteiger partial charge in [0.2, 0.25) is 0 Å². The second-order valence-electron chi connectivity index (χ2n) is 11.7. The molecular formula is C26H40ClNO3. The minimum absolute atomic E-state index is 0.0868. The van der Waals surface area contributed by atoms with Crippen molar-refractivity contribution in [1.82, 2.24) is 4.84 Å². The number of nitrogens with one attached hydrogen (secondary N) is 1. The Morgan fingerprint density at radius 3 is 2.48 bits per heavy atom. The minimum Gasteiger partial charge on any atom is -0.457 e. The molecule has 0 amide bonds. The van der Waals surface area contributed by atoms with Gasteiger partial charge in [0.05, 0.1) is 0 Å². The third kappa shape index (κ3) is 3.80. The molecule has 3 saturated carbocycles. The normalized spacial score (nSPS) is 42.8. The second-order valence-corrected chi connectivity index (χ2v) is 11.9. The van der Waals surface area contributed by atoms with E-state index < -0.39 is 6.04 Å². The lowest BCUT2D eigenvalue weighted by molar-refractivity contribution is -0.151. The molecule has 0 saturated heterocycles. The summed E-state index contributed by atoms with van der Waals surface area (Å²) in [4.78, 5) is 27.5. The number of esters is 1. The van der Waals surface area contributed by atoms with Crippen LogP contribution in [-0.4, -0.2) is 23.9 Å². The lowest BCUT2D eigenvalue weighted by atomic mass is 9.46. The molecule has 4 aliphatic rings. The zero-order chi connectivity index (χ0) is 22.6. The zero-order valence-corrected chi connectivity index (χ0v) is 20.6. The Balaban J connectivity index is 1.50. The maximum absolute atomic E-state index is 12.6. The SMILES string of the molecule is CC(=O)[C@H]1CCC2C3CCC4=C[C@H](OC(=O)[C@@H](NCl)C(C)C)CC[C@]4(C)C3CC[C@@]21C. The molecule has 5 heteroatoms. The Bertz CT molecular complexity index is 764. The van der Waals surface area contributed by atoms with Crippen molar-refractivity contribution in [2.45, 2.75) is 98.1 Å². The van der Waals surface area contributed by atoms with Gasteiger partial charge >= 0.3 is 5.97 Å². The number of ketones is 1. The molecule has 0 aromatic rings. The molecule has 0 aliphatic heterocycles. The summed E-state index contributed by atoms with van der Waals surface area (Å²) in [5, 5.41) is 0. The van der Waals surface area contributed by atoms with Gasteiger partial charge in [-0.1, -0.05) is 33.3 Å². The van der Waals surface area contributed by atoms with Crippen LogP contribution in [0, 0.1) is 40.4 Å². The van der Waals surface area contributed by atoms with Crippen LogP contribution in [0.2, 0.25) is 0 Å². The van der Waals surface area contributed by atoms with Crippen molar-refractivity contribution in [2.75, 3.05) is 0 Å². The van der Waals surface area contributed by atoms with Crippen molar-refractivity contribution in [3.8, 4) is 0 Å². The van der Waals surface area contributed by atoms with E-state index in [0.29, 0.717) is 17.6 Å². The standard InChI is InChI=1S/C26H40ClNO3/c1-15(2)23(28-27)24(30)31-18-10-12-25(4)17(14-18)6-7-19-21-9-8-20(16(3)29)26(21,5)13-11-22(19)25/h14-15,18-23,28H,6-13H2,1-5H3/t18-,19?,20-,21?,22?,23+,25+,26-/m1/s1. The van der Waals surface area contributed by atoms with Crippen LogP contribution in [0.1, 0.15) is 86.0 Å². The summed E-state index contributed by atoms with van der Waals surface area (Å²) in [6.07, 6.45) is 11.1. The van der Waals surface area contributed by atoms with Gasteiger partial charge in [0.15, 0.2) is 0 Å². The fourth-order valence-electron chi connectivity index (χ4n) is 8.12. The number of ether oxygens (including phenoxy) is 1. The number of fused-ring (bicyclic) bond motifs is 5. The molecule has 8 atom stereocenters. The van der Waals surface area contributed by atoms with Gasteiger partial charge in [-0.2, -0.15) is 0 Å². The van der Waals surface area contributed by atoms with Crippen LogP contribution in [0.3, 0.4) is 0 Å². The Morgan fingerprint density at radius 1 is 1.10 bits per heavy atom. The molecule has 3 fully saturated rings. The fraction of sp³-hybridized carbons (Fsp3) is 0.846. The molecule has 0 bridgehead atoms. The highest BCUT2D eigenvalue weighted by atomic mass is 35.5. The van der Waals surface area contributed by atoms with Crippen molar-refractivity contribution < 1.29 is 14.3 Å². The van der Waals surface area contributed by atoms with Crippen molar-refractivity contribution in [2.24, 2.45) is 40.4 Å². The predicted molar refractivity (Wildman–Crippen MR) is 123 cm³/mol. The summed E-state index contributed by atoms with van der Waals surface area (Å²) < 4.78 is 5.86. The van der Waals surface area contributed by atoms with E-state index in [2.05, 4.69) is 24.8 Å². The lowest BCUT2D eigenvalue weighted by Crippen LogP contribution is -2.51. The monoisotopic (exact) mass is 449 g/mol. The molecule has 4 nitrogen and oxygen atoms in total. The summed E-state index contributed by atoms with van der Waals surface area (Å²) in [5.74, 6) is 2.62. The number of rotatable bonds is 5. The highest BCUT2D eigenvalue weighted by Gasteiger charge is 2.59. The third-order valence-electron chi connectivity index (χ3n) is 9.87. The van der Waals surface area contributed by atoms with Crippen molar-refractivity contribution in [3.05, 3.63) is 11.6 Å². The largest absolute Gasteiger partial charge is 0.457 e. The molecule has 1 N–H and O–H groups in total. The molecule has 31 heavy (non-hydrogen) atoms. The van der Waals surface area contributed by atoms with Crippen LogP contribution in [0.25, 0.3) is 0 Å². The van der Waals surface area contributed by atoms with E-state index in [1.54, 1.807) is 6.92 Å². The number of hydrogen-bond acceptors (Lipinski definition) is 4. The first-order chi connectivity index (χ1) is 14.6. The van der Waals surface area contributed by atoms with Gasteiger partial charge in [0.25, 0.3) is 0 Å². The Morgan fingerprint density at radius 2 is 1.84 bits per heavy atom. The molecule has 0 radical (unpaired) electrons. The summed E-state index contributed by atoms with van der Waals surface area (Å²) in [5.41, 5.74) is 1.92. The maximum Gasteiger partial charge on any atom is 0.325 e. The summed E-state index contributed by atoms with van der Waals surface area (Å²) in [6.45, 7) is 10.6. The highest BCUT2D eigenvalue weighted by molar-refractivity contribution is 6.14. The van der Waals surface area contributed by atoms with Crippen molar-refractivity contribution in [3.63, 3.8) is 0 Å². The first-order valence-electron chi connectivity index (χ1n) is 12.4. The molecule has 0 aromatic carbocycles. The van der Waals surface area contributed by atoms with Crippen molar-refractivity contribution >= 4 is 23.5 Å². The zero-order valence-electron chi connectivity index (χ0n) is 19.9. The number of Topliss-reactive ketones (excluding diaryl/α,β-unsaturated/α-hetero) is 1. The van der Waals surface area contributed by atoms with Gasteiger partial charge in [-0.25, -0.2) is 4.84 Å². The van der Waals surface area contributed by atoms with Gasteiger partial charge in [-0.3, -0.25) is 9.59 Å². The predicted octanol–water partition coefficient (Wildman–Crippen LogP) is 5.83. The molecule has 174 valence electrons. The number of carbonyl (C=O) groups excluding carboxylic acids is 2. The Hall–Kier alpha value is -0.870. The number of allylic oxidation sites excluding steroid dienone is 1. The molecule has 3 unspecified atom stereocenters. The number of hydrogen-bond donors (Lipinski definition) is 1. The van der Waals surface area contributed by atoms with E-state index in [9.17, 15) is 9.59 Å². The highest BCUT2D eigenvalue weighted by Crippen LogP contribution is 2.66. The second kappa shape index (κ2) is 8.48. The van der Waals surface area contributed by atoms with Crippen LogP contribution in [0.5, 0.6) is 0 Å². The van der Waals surface area contributed by atoms with E-state index in [0.717, 1.165) is 31.6 Å². The molecule has 0 heterocycles. The molecule has 4 rings (SSSR count). The van der Waals surface area contributed by atoms with E-state index in [1.807, 2.05) is 13.8 Å². The van der Waals surface area contributed by atoms with E-state index in [1.165, 1.54) is 31.3 Å². The Labute approximate surface area is 193 Å². The maximum atomic E-state index is 12.6. The summed E-state index contributed by atoms with van der Waals surface area (Å²) >= 11 is 5.78. The van der Waals surface area contributed by atoms with Crippen LogP contribution < -0.4 is 4.84 Å². The van der Waals surface area contributed by atoms with Crippen LogP contribution in [-0.2, 0) is 14.3 Å². The number of carbonyl (C=O) groups is 2. The van der Waals surface area contributed by atoms with Gasteiger partial charge in [0.1, 0.15) is 17.9 Å². The first-order valence-corrected chi connectivity index (χ1v) is 12.8. The molecule has 4 aliphatic carbocycles. The van der Waals surface area contributed by atoms with Gasteiger partial charge in [-0.05, 0) is 111 Å². The molecular weight excluding hydrogens is 410 g/mol. The van der Waals surface area contributed by atoms with E-state index >= 15 is 0 Å². The number of halogens is 1. The van der Waals surface area contributed by atoms with E-state index in [-0.39, 0.29) is 34.7 Å². The van der Waals surface area contributed by atoms with Crippen LogP contribution in [0.4, 0.5) is 0 Å².